The van der Waals surface area contributed by atoms with Crippen LogP contribution in [0.15, 0.2) is 23.1 Å². The van der Waals surface area contributed by atoms with Gasteiger partial charge in [-0.05, 0) is 42.2 Å². The molecule has 1 aliphatic carbocycles. The molecular weight excluding hydrogens is 267 g/mol. The van der Waals surface area contributed by atoms with E-state index >= 15 is 0 Å². The Morgan fingerprint density at radius 3 is 2.67 bits per heavy atom. The quantitative estimate of drug-likeness (QED) is 0.610. The van der Waals surface area contributed by atoms with Gasteiger partial charge in [0.1, 0.15) is 0 Å². The minimum atomic E-state index is 0.458. The van der Waals surface area contributed by atoms with Gasteiger partial charge < -0.3 is 0 Å². The smallest absolute Gasteiger partial charge is 0.0542 e. The molecule has 1 aliphatic rings. The molecule has 82 valence electrons. The Morgan fingerprint density at radius 2 is 2.07 bits per heavy atom. The van der Waals surface area contributed by atoms with Crippen LogP contribution in [-0.2, 0) is 0 Å². The number of rotatable bonds is 4. The van der Waals surface area contributed by atoms with Gasteiger partial charge in [-0.1, -0.05) is 23.2 Å². The average molecular weight is 279 g/mol. The Bertz CT molecular complexity index is 362. The van der Waals surface area contributed by atoms with Crippen LogP contribution in [-0.4, -0.2) is 11.5 Å². The number of thioether (sulfide) groups is 1. The minimum Gasteiger partial charge on any atom is -0.179 e. The molecule has 1 aromatic carbocycles. The lowest BCUT2D eigenvalue weighted by Crippen LogP contribution is -2.05. The van der Waals surface area contributed by atoms with E-state index in [4.69, 9.17) is 23.2 Å². The third-order valence-electron chi connectivity index (χ3n) is 2.72. The largest absolute Gasteiger partial charge is 0.179 e. The summed E-state index contributed by atoms with van der Waals surface area (Å²) in [4.78, 5) is 1.08. The number of hydrogen-bond donors (Lipinski definition) is 1. The minimum absolute atomic E-state index is 0.458. The summed E-state index contributed by atoms with van der Waals surface area (Å²) >= 11 is 18.2. The lowest BCUT2D eigenvalue weighted by Gasteiger charge is -2.11. The summed E-state index contributed by atoms with van der Waals surface area (Å²) in [7, 11) is 0. The van der Waals surface area contributed by atoms with Crippen molar-refractivity contribution in [3.8, 4) is 0 Å². The molecule has 0 aromatic heterocycles. The molecule has 0 unspecified atom stereocenters. The van der Waals surface area contributed by atoms with Crippen molar-refractivity contribution in [2.75, 3.05) is 11.5 Å². The number of halogens is 2. The Hall–Kier alpha value is 0.500. The summed E-state index contributed by atoms with van der Waals surface area (Å²) in [5.41, 5.74) is 0.458. The zero-order valence-corrected chi connectivity index (χ0v) is 11.4. The van der Waals surface area contributed by atoms with Crippen LogP contribution < -0.4 is 0 Å². The monoisotopic (exact) mass is 278 g/mol. The van der Waals surface area contributed by atoms with Crippen LogP contribution in [0.25, 0.3) is 0 Å². The van der Waals surface area contributed by atoms with Crippen molar-refractivity contribution in [2.45, 2.75) is 17.7 Å². The second kappa shape index (κ2) is 4.79. The summed E-state index contributed by atoms with van der Waals surface area (Å²) in [6.07, 6.45) is 2.59. The van der Waals surface area contributed by atoms with E-state index in [0.29, 0.717) is 5.41 Å². The van der Waals surface area contributed by atoms with Crippen LogP contribution in [0.4, 0.5) is 0 Å². The SMILES string of the molecule is SCC1(CSc2cc(Cl)ccc2Cl)CC1. The number of hydrogen-bond acceptors (Lipinski definition) is 2. The number of benzene rings is 1. The summed E-state index contributed by atoms with van der Waals surface area (Å²) in [5.74, 6) is 2.06. The molecule has 0 amide bonds. The third kappa shape index (κ3) is 3.00. The van der Waals surface area contributed by atoms with Gasteiger partial charge in [-0.15, -0.1) is 11.8 Å². The standard InChI is InChI=1S/C11H12Cl2S2/c12-8-1-2-9(13)10(5-8)15-7-11(6-14)3-4-11/h1-2,5,14H,3-4,6-7H2. The Morgan fingerprint density at radius 1 is 1.33 bits per heavy atom. The van der Waals surface area contributed by atoms with E-state index in [2.05, 4.69) is 12.6 Å². The van der Waals surface area contributed by atoms with E-state index in [1.54, 1.807) is 11.8 Å². The first-order valence-electron chi connectivity index (χ1n) is 4.84. The first-order valence-corrected chi connectivity index (χ1v) is 7.21. The predicted octanol–water partition coefficient (Wildman–Crippen LogP) is 4.80. The van der Waals surface area contributed by atoms with E-state index in [1.807, 2.05) is 18.2 Å². The molecule has 2 rings (SSSR count). The van der Waals surface area contributed by atoms with Crippen molar-refractivity contribution in [3.63, 3.8) is 0 Å². The molecule has 1 fully saturated rings. The molecule has 15 heavy (non-hydrogen) atoms. The molecule has 1 saturated carbocycles. The van der Waals surface area contributed by atoms with E-state index < -0.39 is 0 Å². The van der Waals surface area contributed by atoms with Crippen molar-refractivity contribution in [3.05, 3.63) is 28.2 Å². The Balaban J connectivity index is 2.01. The second-order valence-electron chi connectivity index (χ2n) is 4.02. The van der Waals surface area contributed by atoms with Gasteiger partial charge in [-0.2, -0.15) is 12.6 Å². The fourth-order valence-corrected chi connectivity index (χ4v) is 3.71. The summed E-state index contributed by atoms with van der Waals surface area (Å²) in [6, 6.07) is 5.61. The highest BCUT2D eigenvalue weighted by atomic mass is 35.5. The highest BCUT2D eigenvalue weighted by Crippen LogP contribution is 2.50. The molecule has 0 atom stereocenters. The van der Waals surface area contributed by atoms with Gasteiger partial charge in [0.25, 0.3) is 0 Å². The van der Waals surface area contributed by atoms with Crippen LogP contribution >= 0.6 is 47.6 Å². The first-order chi connectivity index (χ1) is 7.15. The summed E-state index contributed by atoms with van der Waals surface area (Å²) in [5, 5.41) is 1.54. The van der Waals surface area contributed by atoms with Crippen LogP contribution in [0, 0.1) is 5.41 Å². The summed E-state index contributed by atoms with van der Waals surface area (Å²) in [6.45, 7) is 0. The van der Waals surface area contributed by atoms with Crippen LogP contribution in [0.5, 0.6) is 0 Å². The average Bonchev–Trinajstić information content (AvgIpc) is 3.00. The molecular formula is C11H12Cl2S2. The van der Waals surface area contributed by atoms with Gasteiger partial charge in [0.15, 0.2) is 0 Å². The van der Waals surface area contributed by atoms with E-state index in [1.165, 1.54) is 12.8 Å². The maximum atomic E-state index is 6.09. The molecule has 1 aromatic rings. The maximum Gasteiger partial charge on any atom is 0.0542 e. The molecule has 0 heterocycles. The van der Waals surface area contributed by atoms with Crippen molar-refractivity contribution in [2.24, 2.45) is 5.41 Å². The van der Waals surface area contributed by atoms with Crippen LogP contribution in [0.3, 0.4) is 0 Å². The lowest BCUT2D eigenvalue weighted by molar-refractivity contribution is 0.683. The Kier molecular flexibility index (Phi) is 3.82. The molecule has 0 spiro atoms. The van der Waals surface area contributed by atoms with Crippen LogP contribution in [0.2, 0.25) is 10.0 Å². The normalized spacial score (nSPS) is 17.8. The fraction of sp³-hybridized carbons (Fsp3) is 0.455. The zero-order valence-electron chi connectivity index (χ0n) is 8.17. The van der Waals surface area contributed by atoms with Gasteiger partial charge >= 0.3 is 0 Å². The zero-order chi connectivity index (χ0) is 10.9. The van der Waals surface area contributed by atoms with Gasteiger partial charge in [-0.3, -0.25) is 0 Å². The van der Waals surface area contributed by atoms with E-state index in [-0.39, 0.29) is 0 Å². The highest BCUT2D eigenvalue weighted by molar-refractivity contribution is 7.99. The number of thiol groups is 1. The molecule has 4 heteroatoms. The third-order valence-corrected chi connectivity index (χ3v) is 5.47. The highest BCUT2D eigenvalue weighted by Gasteiger charge is 2.41. The van der Waals surface area contributed by atoms with Gasteiger partial charge in [0, 0.05) is 15.7 Å². The first kappa shape index (κ1) is 12.0. The second-order valence-corrected chi connectivity index (χ2v) is 6.20. The molecule has 0 bridgehead atoms. The van der Waals surface area contributed by atoms with Crippen molar-refractivity contribution < 1.29 is 0 Å². The van der Waals surface area contributed by atoms with Gasteiger partial charge in [0.2, 0.25) is 0 Å². The fourth-order valence-electron chi connectivity index (χ4n) is 1.34. The summed E-state index contributed by atoms with van der Waals surface area (Å²) < 4.78 is 0. The van der Waals surface area contributed by atoms with Crippen molar-refractivity contribution in [1.82, 2.24) is 0 Å². The molecule has 0 nitrogen and oxygen atoms in total. The predicted molar refractivity (Wildman–Crippen MR) is 72.7 cm³/mol. The van der Waals surface area contributed by atoms with Crippen LogP contribution in [0.1, 0.15) is 12.8 Å². The van der Waals surface area contributed by atoms with E-state index in [9.17, 15) is 0 Å². The Labute approximate surface area is 110 Å². The molecule has 0 radical (unpaired) electrons. The maximum absolute atomic E-state index is 6.09. The lowest BCUT2D eigenvalue weighted by atomic mass is 10.2. The van der Waals surface area contributed by atoms with Gasteiger partial charge in [-0.25, -0.2) is 0 Å². The molecule has 0 saturated heterocycles. The topological polar surface area (TPSA) is 0 Å². The van der Waals surface area contributed by atoms with Gasteiger partial charge in [0.05, 0.1) is 5.02 Å². The molecule has 0 N–H and O–H groups in total. The van der Waals surface area contributed by atoms with Crippen molar-refractivity contribution >= 4 is 47.6 Å². The van der Waals surface area contributed by atoms with Crippen molar-refractivity contribution in [1.29, 1.82) is 0 Å². The molecule has 0 aliphatic heterocycles. The van der Waals surface area contributed by atoms with E-state index in [0.717, 1.165) is 26.4 Å².